The van der Waals surface area contributed by atoms with Crippen LogP contribution in [-0.4, -0.2) is 50.6 Å². The van der Waals surface area contributed by atoms with E-state index in [4.69, 9.17) is 18.9 Å². The van der Waals surface area contributed by atoms with Crippen LogP contribution < -0.4 is 0 Å². The molecule has 2 aromatic carbocycles. The van der Waals surface area contributed by atoms with Crippen LogP contribution in [0.15, 0.2) is 60.7 Å². The smallest absolute Gasteiger partial charge is 0.222 e. The summed E-state index contributed by atoms with van der Waals surface area (Å²) in [6.45, 7) is 9.91. The fourth-order valence-electron chi connectivity index (χ4n) is 2.85. The number of carbonyl (C=O) groups excluding carboxylic acids is 2. The molecule has 0 aliphatic carbocycles. The largest absolute Gasteiger partial charge is 0.346 e. The van der Waals surface area contributed by atoms with Gasteiger partial charge in [-0.15, -0.1) is 0 Å². The van der Waals surface area contributed by atoms with E-state index in [-0.39, 0.29) is 11.6 Å². The van der Waals surface area contributed by atoms with Crippen molar-refractivity contribution in [3.05, 3.63) is 71.8 Å². The number of hydrogen-bond donors (Lipinski definition) is 0. The molecule has 2 rings (SSSR count). The first-order valence-corrected chi connectivity index (χ1v) is 12.2. The fourth-order valence-corrected chi connectivity index (χ4v) is 2.85. The quantitative estimate of drug-likeness (QED) is 0.167. The number of carbonyl (C=O) groups is 2. The van der Waals surface area contributed by atoms with Crippen molar-refractivity contribution in [1.82, 2.24) is 0 Å². The zero-order chi connectivity index (χ0) is 25.0. The topological polar surface area (TPSA) is 71.1 Å². The van der Waals surface area contributed by atoms with Gasteiger partial charge in [0.2, 0.25) is 24.1 Å². The molecule has 6 heteroatoms. The van der Waals surface area contributed by atoms with Crippen LogP contribution in [0.2, 0.25) is 0 Å². The molecule has 6 nitrogen and oxygen atoms in total. The van der Waals surface area contributed by atoms with Gasteiger partial charge in [-0.1, -0.05) is 87.4 Å². The lowest BCUT2D eigenvalue weighted by molar-refractivity contribution is -0.115. The van der Waals surface area contributed by atoms with Crippen LogP contribution in [0.5, 0.6) is 0 Å². The highest BCUT2D eigenvalue weighted by Gasteiger charge is 2.21. The van der Waals surface area contributed by atoms with Gasteiger partial charge in [-0.25, -0.2) is 0 Å². The number of rotatable bonds is 16. The second-order valence-electron chi connectivity index (χ2n) is 7.48. The highest BCUT2D eigenvalue weighted by atomic mass is 16.7. The summed E-state index contributed by atoms with van der Waals surface area (Å²) >= 11 is 0. The summed E-state index contributed by atoms with van der Waals surface area (Å²) in [4.78, 5) is 24.2. The highest BCUT2D eigenvalue weighted by Crippen LogP contribution is 2.10. The summed E-state index contributed by atoms with van der Waals surface area (Å²) in [6.07, 6.45) is 2.43. The van der Waals surface area contributed by atoms with Crippen LogP contribution in [0.25, 0.3) is 0 Å². The summed E-state index contributed by atoms with van der Waals surface area (Å²) in [5.41, 5.74) is 1.25. The maximum atomic E-state index is 12.3. The molecule has 188 valence electrons. The van der Waals surface area contributed by atoms with E-state index in [0.29, 0.717) is 37.6 Å². The van der Waals surface area contributed by atoms with Gasteiger partial charge in [0.05, 0.1) is 13.2 Å². The van der Waals surface area contributed by atoms with Crippen LogP contribution >= 0.6 is 0 Å². The van der Waals surface area contributed by atoms with E-state index in [1.165, 1.54) is 0 Å². The Morgan fingerprint density at radius 3 is 1.26 bits per heavy atom. The molecule has 0 saturated carbocycles. The molecule has 34 heavy (non-hydrogen) atoms. The van der Waals surface area contributed by atoms with Gasteiger partial charge in [0, 0.05) is 24.3 Å². The first-order chi connectivity index (χ1) is 16.6. The molecule has 0 N–H and O–H groups in total. The molecule has 0 saturated heterocycles. The summed E-state index contributed by atoms with van der Waals surface area (Å²) < 4.78 is 21.6. The predicted molar refractivity (Wildman–Crippen MR) is 134 cm³/mol. The fraction of sp³-hybridized carbons (Fsp3) is 0.500. The van der Waals surface area contributed by atoms with Crippen LogP contribution in [0.3, 0.4) is 0 Å². The molecule has 0 radical (unpaired) electrons. The Morgan fingerprint density at radius 1 is 0.588 bits per heavy atom. The van der Waals surface area contributed by atoms with E-state index in [1.807, 2.05) is 50.2 Å². The van der Waals surface area contributed by atoms with Crippen LogP contribution in [-0.2, 0) is 18.9 Å². The lowest BCUT2D eigenvalue weighted by atomic mass is 10.1. The van der Waals surface area contributed by atoms with E-state index >= 15 is 0 Å². The second kappa shape index (κ2) is 19.0. The van der Waals surface area contributed by atoms with Gasteiger partial charge < -0.3 is 18.9 Å². The van der Waals surface area contributed by atoms with Gasteiger partial charge in [0.15, 0.2) is 0 Å². The molecule has 2 aromatic rings. The Hall–Kier alpha value is -2.38. The molecule has 0 bridgehead atoms. The zero-order valence-corrected chi connectivity index (χ0v) is 21.0. The lowest BCUT2D eigenvalue weighted by Crippen LogP contribution is -2.28. The summed E-state index contributed by atoms with van der Waals surface area (Å²) in [5.74, 6) is -0.216. The minimum Gasteiger partial charge on any atom is -0.346 e. The molecule has 0 amide bonds. The van der Waals surface area contributed by atoms with Gasteiger partial charge >= 0.3 is 0 Å². The van der Waals surface area contributed by atoms with E-state index in [1.54, 1.807) is 24.3 Å². The molecule has 0 aromatic heterocycles. The second-order valence-corrected chi connectivity index (χ2v) is 7.48. The van der Waals surface area contributed by atoms with Gasteiger partial charge in [-0.2, -0.15) is 0 Å². The molecular formula is C28H40O6. The number of hydrogen-bond acceptors (Lipinski definition) is 6. The standard InChI is InChI=1S/C16H24O3.C12H16O3/c1-3-5-12-18-16(19-13-6-4-2)15(17)14-10-8-7-9-11-14;1-3-14-12(15-4-2)11(13)10-8-6-5-7-9-10/h7-11,16H,3-6,12-13H2,1-2H3;5-9,12H,3-4H2,1-2H3. The van der Waals surface area contributed by atoms with E-state index in [9.17, 15) is 9.59 Å². The van der Waals surface area contributed by atoms with Crippen molar-refractivity contribution in [1.29, 1.82) is 0 Å². The summed E-state index contributed by atoms with van der Waals surface area (Å²) in [6, 6.07) is 18.2. The first-order valence-electron chi connectivity index (χ1n) is 12.2. The van der Waals surface area contributed by atoms with Crippen LogP contribution in [0, 0.1) is 0 Å². The SMILES string of the molecule is CCCCOC(OCCCC)C(=O)c1ccccc1.CCOC(OCC)C(=O)c1ccccc1. The maximum absolute atomic E-state index is 12.3. The van der Waals surface area contributed by atoms with Crippen molar-refractivity contribution in [2.45, 2.75) is 66.0 Å². The van der Waals surface area contributed by atoms with Crippen molar-refractivity contribution in [3.63, 3.8) is 0 Å². The van der Waals surface area contributed by atoms with Crippen LogP contribution in [0.4, 0.5) is 0 Å². The van der Waals surface area contributed by atoms with Gasteiger partial charge in [-0.05, 0) is 26.7 Å². The Balaban J connectivity index is 0.000000350. The van der Waals surface area contributed by atoms with E-state index < -0.39 is 12.6 Å². The van der Waals surface area contributed by atoms with Gasteiger partial charge in [0.25, 0.3) is 0 Å². The van der Waals surface area contributed by atoms with Crippen LogP contribution in [0.1, 0.15) is 74.1 Å². The van der Waals surface area contributed by atoms with Crippen molar-refractivity contribution in [3.8, 4) is 0 Å². The Labute approximate surface area is 204 Å². The normalized spacial score (nSPS) is 10.8. The Kier molecular flexibility index (Phi) is 16.6. The molecule has 0 unspecified atom stereocenters. The van der Waals surface area contributed by atoms with Gasteiger partial charge in [0.1, 0.15) is 0 Å². The van der Waals surface area contributed by atoms with Gasteiger partial charge in [-0.3, -0.25) is 9.59 Å². The van der Waals surface area contributed by atoms with Crippen molar-refractivity contribution in [2.75, 3.05) is 26.4 Å². The molecule has 0 fully saturated rings. The molecule has 0 aliphatic rings. The lowest BCUT2D eigenvalue weighted by Gasteiger charge is -2.17. The number of benzene rings is 2. The number of ether oxygens (including phenoxy) is 4. The summed E-state index contributed by atoms with van der Waals surface area (Å²) in [7, 11) is 0. The third-order valence-corrected chi connectivity index (χ3v) is 4.72. The third-order valence-electron chi connectivity index (χ3n) is 4.72. The maximum Gasteiger partial charge on any atom is 0.222 e. The van der Waals surface area contributed by atoms with Crippen molar-refractivity contribution >= 4 is 11.6 Å². The Bertz CT molecular complexity index is 762. The zero-order valence-electron chi connectivity index (χ0n) is 21.0. The molecule has 0 heterocycles. The highest BCUT2D eigenvalue weighted by molar-refractivity contribution is 5.99. The number of ketones is 2. The molecule has 0 spiro atoms. The molecule has 0 atom stereocenters. The third kappa shape index (κ3) is 11.7. The number of Topliss-reactive ketones (excluding diaryl/α,β-unsaturated/α-hetero) is 2. The Morgan fingerprint density at radius 2 is 0.941 bits per heavy atom. The predicted octanol–water partition coefficient (Wildman–Crippen LogP) is 6.10. The molecule has 0 aliphatic heterocycles. The first kappa shape index (κ1) is 29.7. The van der Waals surface area contributed by atoms with E-state index in [0.717, 1.165) is 25.7 Å². The van der Waals surface area contributed by atoms with E-state index in [2.05, 4.69) is 13.8 Å². The minimum atomic E-state index is -0.776. The average molecular weight is 473 g/mol. The van der Waals surface area contributed by atoms with Crippen molar-refractivity contribution in [2.24, 2.45) is 0 Å². The van der Waals surface area contributed by atoms with Crippen molar-refractivity contribution < 1.29 is 28.5 Å². The molecular weight excluding hydrogens is 432 g/mol. The number of unbranched alkanes of at least 4 members (excludes halogenated alkanes) is 2. The summed E-state index contributed by atoms with van der Waals surface area (Å²) in [5, 5.41) is 0. The average Bonchev–Trinajstić information content (AvgIpc) is 2.88. The monoisotopic (exact) mass is 472 g/mol. The minimum absolute atomic E-state index is 0.0900.